The molecule has 20 heavy (non-hydrogen) atoms. The normalized spacial score (nSPS) is 11.9. The van der Waals surface area contributed by atoms with E-state index < -0.39 is 0 Å². The van der Waals surface area contributed by atoms with Crippen LogP contribution in [0.2, 0.25) is 0 Å². The van der Waals surface area contributed by atoms with E-state index in [1.807, 2.05) is 49.5 Å². The van der Waals surface area contributed by atoms with Gasteiger partial charge in [0.05, 0.1) is 23.6 Å². The van der Waals surface area contributed by atoms with E-state index in [1.54, 1.807) is 12.3 Å². The van der Waals surface area contributed by atoms with Crippen molar-refractivity contribution in [3.63, 3.8) is 0 Å². The molecule has 1 unspecified atom stereocenters. The van der Waals surface area contributed by atoms with Crippen LogP contribution in [0.1, 0.15) is 24.9 Å². The highest BCUT2D eigenvalue weighted by molar-refractivity contribution is 5.68. The zero-order chi connectivity index (χ0) is 14.5. The highest BCUT2D eigenvalue weighted by atomic mass is 16.3. The summed E-state index contributed by atoms with van der Waals surface area (Å²) in [5.74, 6) is 0.321. The van der Waals surface area contributed by atoms with Crippen LogP contribution < -0.4 is 10.2 Å². The summed E-state index contributed by atoms with van der Waals surface area (Å²) >= 11 is 0. The van der Waals surface area contributed by atoms with Crippen molar-refractivity contribution in [1.82, 2.24) is 4.98 Å². The molecule has 0 aliphatic rings. The molecule has 0 amide bonds. The van der Waals surface area contributed by atoms with Gasteiger partial charge in [-0.2, -0.15) is 0 Å². The van der Waals surface area contributed by atoms with E-state index in [-0.39, 0.29) is 6.04 Å². The predicted octanol–water partition coefficient (Wildman–Crippen LogP) is 3.42. The Hall–Kier alpha value is -2.23. The SMILES string of the molecule is CCC(Nc1cnccc1N(C)C)c1ccccc1O. The lowest BCUT2D eigenvalue weighted by atomic mass is 10.0. The summed E-state index contributed by atoms with van der Waals surface area (Å²) < 4.78 is 0. The summed E-state index contributed by atoms with van der Waals surface area (Å²) in [5.41, 5.74) is 2.95. The number of rotatable bonds is 5. The number of phenolic OH excluding ortho intramolecular Hbond substituents is 1. The van der Waals surface area contributed by atoms with E-state index in [9.17, 15) is 5.11 Å². The van der Waals surface area contributed by atoms with Crippen molar-refractivity contribution in [3.05, 3.63) is 48.3 Å². The molecule has 2 rings (SSSR count). The molecule has 0 saturated carbocycles. The molecular formula is C16H21N3O. The van der Waals surface area contributed by atoms with Gasteiger partial charge in [-0.05, 0) is 18.6 Å². The molecule has 0 fully saturated rings. The van der Waals surface area contributed by atoms with Gasteiger partial charge in [-0.3, -0.25) is 4.98 Å². The first kappa shape index (κ1) is 14.2. The van der Waals surface area contributed by atoms with Crippen molar-refractivity contribution in [2.24, 2.45) is 0 Å². The minimum atomic E-state index is 0.0547. The molecule has 0 radical (unpaired) electrons. The van der Waals surface area contributed by atoms with Crippen molar-refractivity contribution in [2.75, 3.05) is 24.3 Å². The smallest absolute Gasteiger partial charge is 0.120 e. The van der Waals surface area contributed by atoms with E-state index in [0.717, 1.165) is 23.4 Å². The number of para-hydroxylation sites is 1. The van der Waals surface area contributed by atoms with Crippen LogP contribution in [0.3, 0.4) is 0 Å². The van der Waals surface area contributed by atoms with Crippen molar-refractivity contribution >= 4 is 11.4 Å². The van der Waals surface area contributed by atoms with E-state index in [4.69, 9.17) is 0 Å². The number of aromatic hydroxyl groups is 1. The number of nitrogens with one attached hydrogen (secondary N) is 1. The number of anilines is 2. The van der Waals surface area contributed by atoms with Crippen LogP contribution in [-0.2, 0) is 0 Å². The summed E-state index contributed by atoms with van der Waals surface area (Å²) in [5, 5.41) is 13.5. The van der Waals surface area contributed by atoms with Crippen LogP contribution in [0, 0.1) is 0 Å². The molecule has 0 spiro atoms. The van der Waals surface area contributed by atoms with E-state index in [0.29, 0.717) is 5.75 Å². The van der Waals surface area contributed by atoms with Gasteiger partial charge in [0.15, 0.2) is 0 Å². The number of pyridine rings is 1. The van der Waals surface area contributed by atoms with Crippen molar-refractivity contribution in [3.8, 4) is 5.75 Å². The van der Waals surface area contributed by atoms with Crippen LogP contribution in [0.4, 0.5) is 11.4 Å². The van der Waals surface area contributed by atoms with E-state index in [1.165, 1.54) is 0 Å². The number of phenols is 1. The molecule has 1 atom stereocenters. The first-order valence-corrected chi connectivity index (χ1v) is 6.79. The lowest BCUT2D eigenvalue weighted by molar-refractivity contribution is 0.463. The molecule has 1 aromatic carbocycles. The highest BCUT2D eigenvalue weighted by Crippen LogP contribution is 2.32. The third kappa shape index (κ3) is 3.02. The molecule has 1 heterocycles. The number of aromatic nitrogens is 1. The number of nitrogens with zero attached hydrogens (tertiary/aromatic N) is 2. The lowest BCUT2D eigenvalue weighted by Gasteiger charge is -2.23. The third-order valence-electron chi connectivity index (χ3n) is 3.33. The van der Waals surface area contributed by atoms with Gasteiger partial charge in [-0.25, -0.2) is 0 Å². The maximum Gasteiger partial charge on any atom is 0.120 e. The van der Waals surface area contributed by atoms with Crippen molar-refractivity contribution in [2.45, 2.75) is 19.4 Å². The second kappa shape index (κ2) is 6.28. The van der Waals surface area contributed by atoms with Gasteiger partial charge in [-0.15, -0.1) is 0 Å². The molecule has 2 aromatic rings. The van der Waals surface area contributed by atoms with Crippen LogP contribution in [0.5, 0.6) is 5.75 Å². The topological polar surface area (TPSA) is 48.4 Å². The van der Waals surface area contributed by atoms with Crippen molar-refractivity contribution < 1.29 is 5.11 Å². The molecule has 0 aliphatic heterocycles. The van der Waals surface area contributed by atoms with Gasteiger partial charge in [0.25, 0.3) is 0 Å². The Bertz CT molecular complexity index is 569. The largest absolute Gasteiger partial charge is 0.508 e. The average Bonchev–Trinajstić information content (AvgIpc) is 2.46. The standard InChI is InChI=1S/C16H21N3O/c1-4-13(12-7-5-6-8-16(12)20)18-14-11-17-10-9-15(14)19(2)3/h5-11,13,18,20H,4H2,1-3H3. The first-order valence-electron chi connectivity index (χ1n) is 6.79. The van der Waals surface area contributed by atoms with Gasteiger partial charge in [0.2, 0.25) is 0 Å². The Labute approximate surface area is 120 Å². The summed E-state index contributed by atoms with van der Waals surface area (Å²) in [4.78, 5) is 6.22. The molecule has 2 N–H and O–H groups in total. The summed E-state index contributed by atoms with van der Waals surface area (Å²) in [6, 6.07) is 9.47. The van der Waals surface area contributed by atoms with E-state index >= 15 is 0 Å². The lowest BCUT2D eigenvalue weighted by Crippen LogP contribution is -2.15. The van der Waals surface area contributed by atoms with Crippen LogP contribution in [-0.4, -0.2) is 24.2 Å². The second-order valence-corrected chi connectivity index (χ2v) is 4.95. The van der Waals surface area contributed by atoms with E-state index in [2.05, 4.69) is 17.2 Å². The number of hydrogen-bond acceptors (Lipinski definition) is 4. The molecule has 106 valence electrons. The fraction of sp³-hybridized carbons (Fsp3) is 0.312. The quantitative estimate of drug-likeness (QED) is 0.875. The second-order valence-electron chi connectivity index (χ2n) is 4.95. The molecule has 0 saturated heterocycles. The van der Waals surface area contributed by atoms with Gasteiger partial charge in [0.1, 0.15) is 5.75 Å². The summed E-state index contributed by atoms with van der Waals surface area (Å²) in [6.45, 7) is 2.09. The fourth-order valence-corrected chi connectivity index (χ4v) is 2.26. The zero-order valence-corrected chi connectivity index (χ0v) is 12.2. The molecular weight excluding hydrogens is 250 g/mol. The monoisotopic (exact) mass is 271 g/mol. The predicted molar refractivity (Wildman–Crippen MR) is 83.3 cm³/mol. The van der Waals surface area contributed by atoms with Crippen LogP contribution in [0.15, 0.2) is 42.7 Å². The first-order chi connectivity index (χ1) is 9.63. The Balaban J connectivity index is 2.30. The van der Waals surface area contributed by atoms with Crippen LogP contribution >= 0.6 is 0 Å². The van der Waals surface area contributed by atoms with Gasteiger partial charge in [-0.1, -0.05) is 25.1 Å². The number of benzene rings is 1. The average molecular weight is 271 g/mol. The maximum atomic E-state index is 10.0. The Morgan fingerprint density at radius 1 is 1.25 bits per heavy atom. The third-order valence-corrected chi connectivity index (χ3v) is 3.33. The Kier molecular flexibility index (Phi) is 4.45. The highest BCUT2D eigenvalue weighted by Gasteiger charge is 2.15. The van der Waals surface area contributed by atoms with Crippen LogP contribution in [0.25, 0.3) is 0 Å². The maximum absolute atomic E-state index is 10.0. The molecule has 4 heteroatoms. The molecule has 0 bridgehead atoms. The molecule has 0 aliphatic carbocycles. The Morgan fingerprint density at radius 3 is 2.65 bits per heavy atom. The Morgan fingerprint density at radius 2 is 2.00 bits per heavy atom. The van der Waals surface area contributed by atoms with Crippen molar-refractivity contribution in [1.29, 1.82) is 0 Å². The minimum Gasteiger partial charge on any atom is -0.508 e. The zero-order valence-electron chi connectivity index (χ0n) is 12.2. The number of hydrogen-bond donors (Lipinski definition) is 2. The molecule has 1 aromatic heterocycles. The summed E-state index contributed by atoms with van der Waals surface area (Å²) in [7, 11) is 4.00. The van der Waals surface area contributed by atoms with Gasteiger partial charge < -0.3 is 15.3 Å². The van der Waals surface area contributed by atoms with Gasteiger partial charge in [0, 0.05) is 25.9 Å². The fourth-order valence-electron chi connectivity index (χ4n) is 2.26. The van der Waals surface area contributed by atoms with Gasteiger partial charge >= 0.3 is 0 Å². The molecule has 4 nitrogen and oxygen atoms in total. The summed E-state index contributed by atoms with van der Waals surface area (Å²) in [6.07, 6.45) is 4.47. The minimum absolute atomic E-state index is 0.0547.